The van der Waals surface area contributed by atoms with E-state index in [-0.39, 0.29) is 15.5 Å². The minimum atomic E-state index is -3.77. The lowest BCUT2D eigenvalue weighted by atomic mass is 9.82. The van der Waals surface area contributed by atoms with Crippen molar-refractivity contribution in [2.75, 3.05) is 19.8 Å². The summed E-state index contributed by atoms with van der Waals surface area (Å²) in [5, 5.41) is 4.35. The van der Waals surface area contributed by atoms with E-state index in [1.165, 1.54) is 11.4 Å². The first kappa shape index (κ1) is 15.8. The lowest BCUT2D eigenvalue weighted by Gasteiger charge is -2.33. The number of ether oxygens (including phenoxy) is 1. The molecule has 1 N–H and O–H groups in total. The van der Waals surface area contributed by atoms with Gasteiger partial charge in [0.15, 0.2) is 0 Å². The number of carbonyl (C=O) groups is 1. The predicted octanol–water partition coefficient (Wildman–Crippen LogP) is 2.22. The van der Waals surface area contributed by atoms with Gasteiger partial charge in [0.1, 0.15) is 4.21 Å². The Labute approximate surface area is 126 Å². The largest absolute Gasteiger partial charge is 0.381 e. The van der Waals surface area contributed by atoms with Gasteiger partial charge < -0.3 is 10.1 Å². The molecule has 8 heteroatoms. The standard InChI is InChI=1S/C12H16ClNO4S2/c1-12(2-4-18-5-3-12)8-14-11(15)9-6-10(19-7-9)20(13,16)17/h6-7H,2-5,8H2,1H3,(H,14,15). The molecule has 20 heavy (non-hydrogen) atoms. The Bertz CT molecular complexity index is 590. The van der Waals surface area contributed by atoms with Crippen LogP contribution in [0.5, 0.6) is 0 Å². The molecule has 1 aliphatic heterocycles. The van der Waals surface area contributed by atoms with Crippen LogP contribution in [0.3, 0.4) is 0 Å². The Morgan fingerprint density at radius 2 is 2.15 bits per heavy atom. The highest BCUT2D eigenvalue weighted by atomic mass is 35.7. The summed E-state index contributed by atoms with van der Waals surface area (Å²) in [7, 11) is 1.47. The molecule has 0 aliphatic carbocycles. The van der Waals surface area contributed by atoms with Crippen molar-refractivity contribution in [3.8, 4) is 0 Å². The van der Waals surface area contributed by atoms with Crippen LogP contribution in [0.4, 0.5) is 0 Å². The Morgan fingerprint density at radius 1 is 1.50 bits per heavy atom. The number of hydrogen-bond donors (Lipinski definition) is 1. The van der Waals surface area contributed by atoms with Crippen molar-refractivity contribution in [2.24, 2.45) is 5.41 Å². The number of amides is 1. The van der Waals surface area contributed by atoms with Gasteiger partial charge in [-0.3, -0.25) is 4.79 Å². The van der Waals surface area contributed by atoms with Gasteiger partial charge in [0, 0.05) is 35.8 Å². The topological polar surface area (TPSA) is 72.5 Å². The normalized spacial score (nSPS) is 18.7. The summed E-state index contributed by atoms with van der Waals surface area (Å²) in [6, 6.07) is 1.30. The van der Waals surface area contributed by atoms with E-state index in [0.29, 0.717) is 25.3 Å². The van der Waals surface area contributed by atoms with Crippen molar-refractivity contribution in [3.05, 3.63) is 17.0 Å². The second kappa shape index (κ2) is 6.01. The van der Waals surface area contributed by atoms with E-state index in [2.05, 4.69) is 12.2 Å². The van der Waals surface area contributed by atoms with E-state index in [1.807, 2.05) is 0 Å². The molecule has 0 spiro atoms. The Balaban J connectivity index is 1.97. The van der Waals surface area contributed by atoms with E-state index in [0.717, 1.165) is 24.2 Å². The zero-order chi connectivity index (χ0) is 14.8. The van der Waals surface area contributed by atoms with E-state index in [1.54, 1.807) is 0 Å². The van der Waals surface area contributed by atoms with Crippen LogP contribution in [0.25, 0.3) is 0 Å². The van der Waals surface area contributed by atoms with Crippen molar-refractivity contribution >= 4 is 37.0 Å². The number of nitrogens with one attached hydrogen (secondary N) is 1. The van der Waals surface area contributed by atoms with Crippen LogP contribution in [-0.4, -0.2) is 34.1 Å². The molecule has 0 radical (unpaired) electrons. The van der Waals surface area contributed by atoms with Crippen molar-refractivity contribution in [1.82, 2.24) is 5.32 Å². The molecule has 0 bridgehead atoms. The average molecular weight is 338 g/mol. The summed E-state index contributed by atoms with van der Waals surface area (Å²) in [5.41, 5.74) is 0.357. The SMILES string of the molecule is CC1(CNC(=O)c2csc(S(=O)(=O)Cl)c2)CCOCC1. The molecule has 1 fully saturated rings. The van der Waals surface area contributed by atoms with Crippen LogP contribution in [-0.2, 0) is 13.8 Å². The summed E-state index contributed by atoms with van der Waals surface area (Å²) in [5.74, 6) is -0.277. The number of rotatable bonds is 4. The molecule has 112 valence electrons. The van der Waals surface area contributed by atoms with Gasteiger partial charge in [-0.1, -0.05) is 6.92 Å². The summed E-state index contributed by atoms with van der Waals surface area (Å²) in [4.78, 5) is 12.0. The van der Waals surface area contributed by atoms with Gasteiger partial charge in [0.2, 0.25) is 0 Å². The summed E-state index contributed by atoms with van der Waals surface area (Å²) in [6.07, 6.45) is 1.80. The third-order valence-electron chi connectivity index (χ3n) is 3.45. The fraction of sp³-hybridized carbons (Fsp3) is 0.583. The third kappa shape index (κ3) is 3.94. The molecule has 0 atom stereocenters. The van der Waals surface area contributed by atoms with Gasteiger partial charge in [-0.15, -0.1) is 11.3 Å². The van der Waals surface area contributed by atoms with Crippen molar-refractivity contribution in [2.45, 2.75) is 24.0 Å². The second-order valence-corrected chi connectivity index (χ2v) is 8.90. The lowest BCUT2D eigenvalue weighted by molar-refractivity contribution is 0.0238. The predicted molar refractivity (Wildman–Crippen MR) is 77.9 cm³/mol. The van der Waals surface area contributed by atoms with Crippen LogP contribution in [0.15, 0.2) is 15.7 Å². The van der Waals surface area contributed by atoms with Gasteiger partial charge in [-0.05, 0) is 24.3 Å². The molecule has 1 amide bonds. The van der Waals surface area contributed by atoms with Crippen LogP contribution in [0.2, 0.25) is 0 Å². The van der Waals surface area contributed by atoms with Crippen LogP contribution < -0.4 is 5.32 Å². The molecule has 0 unspecified atom stereocenters. The van der Waals surface area contributed by atoms with Crippen LogP contribution in [0, 0.1) is 5.41 Å². The Kier molecular flexibility index (Phi) is 4.73. The maximum atomic E-state index is 12.0. The van der Waals surface area contributed by atoms with Crippen molar-refractivity contribution < 1.29 is 17.9 Å². The molecule has 5 nitrogen and oxygen atoms in total. The van der Waals surface area contributed by atoms with Crippen molar-refractivity contribution in [3.63, 3.8) is 0 Å². The first-order valence-electron chi connectivity index (χ1n) is 6.19. The van der Waals surface area contributed by atoms with E-state index in [9.17, 15) is 13.2 Å². The molecule has 1 aliphatic rings. The van der Waals surface area contributed by atoms with Gasteiger partial charge in [0.25, 0.3) is 15.0 Å². The number of hydrogen-bond acceptors (Lipinski definition) is 5. The lowest BCUT2D eigenvalue weighted by Crippen LogP contribution is -2.39. The number of halogens is 1. The summed E-state index contributed by atoms with van der Waals surface area (Å²) >= 11 is 0.945. The summed E-state index contributed by atoms with van der Waals surface area (Å²) in [6.45, 7) is 4.07. The van der Waals surface area contributed by atoms with Gasteiger partial charge in [-0.25, -0.2) is 8.42 Å². The molecule has 1 saturated heterocycles. The zero-order valence-electron chi connectivity index (χ0n) is 11.0. The molecule has 1 aromatic rings. The highest BCUT2D eigenvalue weighted by Gasteiger charge is 2.28. The maximum absolute atomic E-state index is 12.0. The smallest absolute Gasteiger partial charge is 0.270 e. The van der Waals surface area contributed by atoms with Crippen LogP contribution in [0.1, 0.15) is 30.1 Å². The molecule has 0 aromatic carbocycles. The molecular weight excluding hydrogens is 322 g/mol. The van der Waals surface area contributed by atoms with Gasteiger partial charge in [0.05, 0.1) is 5.56 Å². The van der Waals surface area contributed by atoms with E-state index in [4.69, 9.17) is 15.4 Å². The molecule has 2 heterocycles. The zero-order valence-corrected chi connectivity index (χ0v) is 13.4. The monoisotopic (exact) mass is 337 g/mol. The molecule has 1 aromatic heterocycles. The van der Waals surface area contributed by atoms with Gasteiger partial charge in [-0.2, -0.15) is 0 Å². The highest BCUT2D eigenvalue weighted by Crippen LogP contribution is 2.29. The van der Waals surface area contributed by atoms with Gasteiger partial charge >= 0.3 is 0 Å². The fourth-order valence-electron chi connectivity index (χ4n) is 2.00. The number of thiophene rings is 1. The quantitative estimate of drug-likeness (QED) is 0.855. The molecule has 2 rings (SSSR count). The first-order valence-corrected chi connectivity index (χ1v) is 9.38. The Hall–Kier alpha value is -0.630. The molecule has 0 saturated carbocycles. The highest BCUT2D eigenvalue weighted by molar-refractivity contribution is 8.15. The maximum Gasteiger partial charge on any atom is 0.270 e. The average Bonchev–Trinajstić information content (AvgIpc) is 2.86. The van der Waals surface area contributed by atoms with E-state index >= 15 is 0 Å². The minimum absolute atomic E-state index is 0.0124. The minimum Gasteiger partial charge on any atom is -0.381 e. The molecular formula is C12H16ClNO4S2. The van der Waals surface area contributed by atoms with E-state index < -0.39 is 9.05 Å². The summed E-state index contributed by atoms with van der Waals surface area (Å²) < 4.78 is 27.6. The second-order valence-electron chi connectivity index (χ2n) is 5.20. The van der Waals surface area contributed by atoms with Crippen molar-refractivity contribution in [1.29, 1.82) is 0 Å². The number of carbonyl (C=O) groups excluding carboxylic acids is 1. The first-order chi connectivity index (χ1) is 9.30. The fourth-order valence-corrected chi connectivity index (χ4v) is 3.95. The third-order valence-corrected chi connectivity index (χ3v) is 6.49. The van der Waals surface area contributed by atoms with Crippen LogP contribution >= 0.6 is 22.0 Å². The Morgan fingerprint density at radius 3 is 2.70 bits per heavy atom.